The molecule has 1 aromatic carbocycles. The Labute approximate surface area is 135 Å². The van der Waals surface area contributed by atoms with Crippen molar-refractivity contribution in [3.63, 3.8) is 0 Å². The minimum absolute atomic E-state index is 0.0907. The number of unbranched alkanes of at least 4 members (excludes halogenated alkanes) is 4. The molecule has 2 rings (SSSR count). The van der Waals surface area contributed by atoms with E-state index in [1.807, 2.05) is 25.1 Å². The summed E-state index contributed by atoms with van der Waals surface area (Å²) < 4.78 is 27.1. The molecule has 1 heterocycles. The summed E-state index contributed by atoms with van der Waals surface area (Å²) in [6.45, 7) is 4.17. The van der Waals surface area contributed by atoms with Crippen molar-refractivity contribution in [3.8, 4) is 0 Å². The first-order chi connectivity index (χ1) is 10.6. The van der Waals surface area contributed by atoms with Crippen molar-refractivity contribution in [3.05, 3.63) is 42.1 Å². The van der Waals surface area contributed by atoms with E-state index in [1.165, 1.54) is 25.7 Å². The van der Waals surface area contributed by atoms with E-state index in [1.54, 1.807) is 22.6 Å². The lowest BCUT2D eigenvalue weighted by Gasteiger charge is -2.25. The van der Waals surface area contributed by atoms with Crippen molar-refractivity contribution in [1.29, 1.82) is 0 Å². The van der Waals surface area contributed by atoms with Gasteiger partial charge in [0.15, 0.2) is 0 Å². The normalized spacial score (nSPS) is 18.1. The van der Waals surface area contributed by atoms with Crippen LogP contribution in [0, 0.1) is 6.92 Å². The van der Waals surface area contributed by atoms with Gasteiger partial charge in [-0.15, -0.1) is 0 Å². The van der Waals surface area contributed by atoms with Crippen molar-refractivity contribution in [2.24, 2.45) is 0 Å². The molecule has 0 saturated carbocycles. The SMILES string of the molecule is CCCCCCC[C@@H]1CC=CN1S(=O)(=O)c1ccc(C)cc1. The van der Waals surface area contributed by atoms with E-state index in [-0.39, 0.29) is 6.04 Å². The number of benzene rings is 1. The van der Waals surface area contributed by atoms with Crippen LogP contribution in [0.4, 0.5) is 0 Å². The molecule has 1 aliphatic rings. The maximum Gasteiger partial charge on any atom is 0.264 e. The molecule has 0 aliphatic carbocycles. The standard InChI is InChI=1S/C18H27NO2S/c1-3-4-5-6-7-9-17-10-8-15-19(17)22(20,21)18-13-11-16(2)12-14-18/h8,11-15,17H,3-7,9-10H2,1-2H3/t17-/m1/s1. The first kappa shape index (κ1) is 17.1. The Morgan fingerprint density at radius 3 is 2.45 bits per heavy atom. The summed E-state index contributed by atoms with van der Waals surface area (Å²) in [7, 11) is -3.41. The molecular formula is C18H27NO2S. The fourth-order valence-electron chi connectivity index (χ4n) is 2.88. The van der Waals surface area contributed by atoms with Crippen molar-refractivity contribution in [1.82, 2.24) is 4.31 Å². The van der Waals surface area contributed by atoms with E-state index in [4.69, 9.17) is 0 Å². The number of aryl methyl sites for hydroxylation is 1. The molecule has 0 radical (unpaired) electrons. The lowest BCUT2D eigenvalue weighted by Crippen LogP contribution is -2.32. The average Bonchev–Trinajstić information content (AvgIpc) is 2.97. The van der Waals surface area contributed by atoms with Gasteiger partial charge in [-0.3, -0.25) is 4.31 Å². The van der Waals surface area contributed by atoms with E-state index in [2.05, 4.69) is 6.92 Å². The van der Waals surface area contributed by atoms with Crippen molar-refractivity contribution in [2.75, 3.05) is 0 Å². The highest BCUT2D eigenvalue weighted by atomic mass is 32.2. The van der Waals surface area contributed by atoms with Crippen LogP contribution in [0.3, 0.4) is 0 Å². The quantitative estimate of drug-likeness (QED) is 0.655. The van der Waals surface area contributed by atoms with E-state index in [0.29, 0.717) is 4.90 Å². The minimum Gasteiger partial charge on any atom is -0.270 e. The Morgan fingerprint density at radius 1 is 1.09 bits per heavy atom. The lowest BCUT2D eigenvalue weighted by atomic mass is 10.1. The van der Waals surface area contributed by atoms with Crippen LogP contribution < -0.4 is 0 Å². The number of sulfonamides is 1. The van der Waals surface area contributed by atoms with E-state index in [9.17, 15) is 8.42 Å². The monoisotopic (exact) mass is 321 g/mol. The first-order valence-electron chi connectivity index (χ1n) is 8.32. The van der Waals surface area contributed by atoms with Gasteiger partial charge < -0.3 is 0 Å². The molecule has 22 heavy (non-hydrogen) atoms. The van der Waals surface area contributed by atoms with Crippen LogP contribution in [-0.4, -0.2) is 18.8 Å². The third kappa shape index (κ3) is 4.13. The Bertz CT molecular complexity index is 590. The molecule has 0 fully saturated rings. The van der Waals surface area contributed by atoms with Gasteiger partial charge >= 0.3 is 0 Å². The van der Waals surface area contributed by atoms with Crippen LogP contribution in [0.1, 0.15) is 57.4 Å². The Kier molecular flexibility index (Phi) is 6.07. The predicted octanol–water partition coefficient (Wildman–Crippen LogP) is 4.63. The summed E-state index contributed by atoms with van der Waals surface area (Å²) in [6.07, 6.45) is 11.6. The zero-order valence-electron chi connectivity index (χ0n) is 13.7. The number of hydrogen-bond donors (Lipinski definition) is 0. The molecular weight excluding hydrogens is 294 g/mol. The topological polar surface area (TPSA) is 37.4 Å². The van der Waals surface area contributed by atoms with Gasteiger partial charge in [-0.2, -0.15) is 0 Å². The maximum absolute atomic E-state index is 12.8. The van der Waals surface area contributed by atoms with Gasteiger partial charge in [-0.1, -0.05) is 62.8 Å². The van der Waals surface area contributed by atoms with Crippen LogP contribution in [0.5, 0.6) is 0 Å². The molecule has 0 saturated heterocycles. The molecule has 122 valence electrons. The van der Waals surface area contributed by atoms with Gasteiger partial charge in [0.25, 0.3) is 10.0 Å². The fourth-order valence-corrected chi connectivity index (χ4v) is 4.44. The maximum atomic E-state index is 12.8. The second-order valence-electron chi connectivity index (χ2n) is 6.13. The van der Waals surface area contributed by atoms with Gasteiger partial charge in [0.1, 0.15) is 0 Å². The van der Waals surface area contributed by atoms with Gasteiger partial charge in [-0.05, 0) is 31.9 Å². The van der Waals surface area contributed by atoms with Crippen LogP contribution in [0.2, 0.25) is 0 Å². The smallest absolute Gasteiger partial charge is 0.264 e. The van der Waals surface area contributed by atoms with E-state index in [0.717, 1.165) is 24.8 Å². The summed E-state index contributed by atoms with van der Waals surface area (Å²) in [4.78, 5) is 0.389. The molecule has 3 nitrogen and oxygen atoms in total. The molecule has 1 atom stereocenters. The highest BCUT2D eigenvalue weighted by Crippen LogP contribution is 2.28. The molecule has 0 aromatic heterocycles. The molecule has 0 amide bonds. The largest absolute Gasteiger partial charge is 0.270 e. The number of rotatable bonds is 8. The summed E-state index contributed by atoms with van der Waals surface area (Å²) >= 11 is 0. The number of hydrogen-bond acceptors (Lipinski definition) is 2. The van der Waals surface area contributed by atoms with Gasteiger partial charge in [0.05, 0.1) is 4.90 Å². The zero-order valence-corrected chi connectivity index (χ0v) is 14.5. The molecule has 1 aliphatic heterocycles. The molecule has 4 heteroatoms. The van der Waals surface area contributed by atoms with Crippen molar-refractivity contribution in [2.45, 2.75) is 69.7 Å². The van der Waals surface area contributed by atoms with Crippen LogP contribution in [0.25, 0.3) is 0 Å². The van der Waals surface area contributed by atoms with E-state index >= 15 is 0 Å². The van der Waals surface area contributed by atoms with Crippen LogP contribution >= 0.6 is 0 Å². The first-order valence-corrected chi connectivity index (χ1v) is 9.76. The predicted molar refractivity (Wildman–Crippen MR) is 91.1 cm³/mol. The second-order valence-corrected chi connectivity index (χ2v) is 7.97. The highest BCUT2D eigenvalue weighted by Gasteiger charge is 2.30. The average molecular weight is 321 g/mol. The molecule has 0 N–H and O–H groups in total. The third-order valence-corrected chi connectivity index (χ3v) is 6.10. The third-order valence-electron chi connectivity index (χ3n) is 4.26. The lowest BCUT2D eigenvalue weighted by molar-refractivity contribution is 0.388. The highest BCUT2D eigenvalue weighted by molar-refractivity contribution is 7.89. The summed E-state index contributed by atoms with van der Waals surface area (Å²) in [5.41, 5.74) is 1.07. The van der Waals surface area contributed by atoms with Crippen molar-refractivity contribution < 1.29 is 8.42 Å². The fraction of sp³-hybridized carbons (Fsp3) is 0.556. The van der Waals surface area contributed by atoms with Crippen LogP contribution in [-0.2, 0) is 10.0 Å². The Morgan fingerprint density at radius 2 is 1.77 bits per heavy atom. The Balaban J connectivity index is 1.99. The Hall–Kier alpha value is -1.29. The van der Waals surface area contributed by atoms with Gasteiger partial charge in [-0.25, -0.2) is 8.42 Å². The van der Waals surface area contributed by atoms with Crippen molar-refractivity contribution >= 4 is 10.0 Å². The van der Waals surface area contributed by atoms with E-state index < -0.39 is 10.0 Å². The van der Waals surface area contributed by atoms with Gasteiger partial charge in [0.2, 0.25) is 0 Å². The summed E-state index contributed by atoms with van der Waals surface area (Å²) in [6, 6.07) is 7.20. The van der Waals surface area contributed by atoms with Crippen LogP contribution in [0.15, 0.2) is 41.4 Å². The number of nitrogens with zero attached hydrogens (tertiary/aromatic N) is 1. The minimum atomic E-state index is -3.41. The zero-order chi connectivity index (χ0) is 16.0. The summed E-state index contributed by atoms with van der Waals surface area (Å²) in [5.74, 6) is 0. The molecule has 1 aromatic rings. The molecule has 0 bridgehead atoms. The molecule has 0 spiro atoms. The summed E-state index contributed by atoms with van der Waals surface area (Å²) in [5, 5.41) is 0. The molecule has 0 unspecified atom stereocenters. The second kappa shape index (κ2) is 7.82. The van der Waals surface area contributed by atoms with Gasteiger partial charge in [0, 0.05) is 12.2 Å².